The molecule has 2 heterocycles. The van der Waals surface area contributed by atoms with Crippen molar-refractivity contribution in [1.29, 1.82) is 0 Å². The van der Waals surface area contributed by atoms with Crippen molar-refractivity contribution < 1.29 is 0 Å². The van der Waals surface area contributed by atoms with Gasteiger partial charge < -0.3 is 5.32 Å². The minimum absolute atomic E-state index is 0.604. The standard InChI is InChI=1S/C16H16ClN5/c1-9-8-14(22-21-9)19-15-10(2)11(3)18-16(20-15)12-6-4-5-7-13(12)17/h4-8H,1-3H3,(H2,18,19,20,21,22). The monoisotopic (exact) mass is 313 g/mol. The molecule has 0 fully saturated rings. The third-order valence-electron chi connectivity index (χ3n) is 3.46. The van der Waals surface area contributed by atoms with E-state index in [-0.39, 0.29) is 0 Å². The lowest BCUT2D eigenvalue weighted by Crippen LogP contribution is -2.03. The maximum atomic E-state index is 6.25. The van der Waals surface area contributed by atoms with Gasteiger partial charge in [0.1, 0.15) is 11.6 Å². The van der Waals surface area contributed by atoms with E-state index in [4.69, 9.17) is 11.6 Å². The van der Waals surface area contributed by atoms with Crippen LogP contribution in [0.2, 0.25) is 5.02 Å². The number of benzene rings is 1. The maximum Gasteiger partial charge on any atom is 0.163 e. The summed E-state index contributed by atoms with van der Waals surface area (Å²) in [7, 11) is 0. The molecule has 0 radical (unpaired) electrons. The zero-order valence-electron chi connectivity index (χ0n) is 12.6. The van der Waals surface area contributed by atoms with Crippen molar-refractivity contribution in [2.24, 2.45) is 0 Å². The molecule has 0 saturated heterocycles. The van der Waals surface area contributed by atoms with Crippen LogP contribution in [0, 0.1) is 20.8 Å². The molecule has 3 aromatic rings. The largest absolute Gasteiger partial charge is 0.325 e. The molecular formula is C16H16ClN5. The van der Waals surface area contributed by atoms with Crippen molar-refractivity contribution in [3.05, 3.63) is 52.3 Å². The smallest absolute Gasteiger partial charge is 0.163 e. The fraction of sp³-hybridized carbons (Fsp3) is 0.188. The molecule has 0 spiro atoms. The molecule has 5 nitrogen and oxygen atoms in total. The Hall–Kier alpha value is -2.40. The van der Waals surface area contributed by atoms with Gasteiger partial charge in [0.05, 0.1) is 10.7 Å². The van der Waals surface area contributed by atoms with E-state index in [1.165, 1.54) is 0 Å². The van der Waals surface area contributed by atoms with Crippen LogP contribution in [0.25, 0.3) is 11.4 Å². The van der Waals surface area contributed by atoms with E-state index in [1.54, 1.807) is 0 Å². The van der Waals surface area contributed by atoms with Gasteiger partial charge in [-0.15, -0.1) is 0 Å². The lowest BCUT2D eigenvalue weighted by Gasteiger charge is -2.12. The predicted octanol–water partition coefficient (Wildman–Crippen LogP) is 4.19. The summed E-state index contributed by atoms with van der Waals surface area (Å²) < 4.78 is 0. The number of nitrogens with one attached hydrogen (secondary N) is 2. The molecule has 0 bridgehead atoms. The molecule has 0 unspecified atom stereocenters. The number of hydrogen-bond donors (Lipinski definition) is 2. The number of aromatic nitrogens is 4. The normalized spacial score (nSPS) is 10.7. The summed E-state index contributed by atoms with van der Waals surface area (Å²) in [5.41, 5.74) is 3.63. The van der Waals surface area contributed by atoms with E-state index in [2.05, 4.69) is 25.5 Å². The first-order valence-electron chi connectivity index (χ1n) is 6.94. The zero-order chi connectivity index (χ0) is 15.7. The Labute approximate surface area is 133 Å². The number of H-pyrrole nitrogens is 1. The predicted molar refractivity (Wildman–Crippen MR) is 88.6 cm³/mol. The maximum absolute atomic E-state index is 6.25. The number of aryl methyl sites for hydroxylation is 2. The fourth-order valence-electron chi connectivity index (χ4n) is 2.13. The minimum atomic E-state index is 0.604. The third-order valence-corrected chi connectivity index (χ3v) is 3.79. The van der Waals surface area contributed by atoms with E-state index in [0.717, 1.165) is 34.2 Å². The van der Waals surface area contributed by atoms with E-state index >= 15 is 0 Å². The van der Waals surface area contributed by atoms with E-state index in [0.29, 0.717) is 10.8 Å². The number of aromatic amines is 1. The number of nitrogens with zero attached hydrogens (tertiary/aromatic N) is 3. The topological polar surface area (TPSA) is 66.5 Å². The van der Waals surface area contributed by atoms with Crippen LogP contribution in [-0.2, 0) is 0 Å². The van der Waals surface area contributed by atoms with Crippen molar-refractivity contribution in [1.82, 2.24) is 20.2 Å². The van der Waals surface area contributed by atoms with Gasteiger partial charge in [-0.25, -0.2) is 9.97 Å². The zero-order valence-corrected chi connectivity index (χ0v) is 13.4. The van der Waals surface area contributed by atoms with E-state index in [1.807, 2.05) is 51.1 Å². The van der Waals surface area contributed by atoms with Crippen LogP contribution in [0.3, 0.4) is 0 Å². The molecule has 0 amide bonds. The highest BCUT2D eigenvalue weighted by atomic mass is 35.5. The molecule has 0 atom stereocenters. The molecule has 2 aromatic heterocycles. The van der Waals surface area contributed by atoms with Gasteiger partial charge in [0.2, 0.25) is 0 Å². The highest BCUT2D eigenvalue weighted by Crippen LogP contribution is 2.28. The second-order valence-electron chi connectivity index (χ2n) is 5.13. The first-order valence-corrected chi connectivity index (χ1v) is 7.31. The van der Waals surface area contributed by atoms with Gasteiger partial charge in [0.25, 0.3) is 0 Å². The minimum Gasteiger partial charge on any atom is -0.325 e. The van der Waals surface area contributed by atoms with Crippen molar-refractivity contribution in [2.75, 3.05) is 5.32 Å². The molecular weight excluding hydrogens is 298 g/mol. The molecule has 3 rings (SSSR count). The number of anilines is 2. The number of hydrogen-bond acceptors (Lipinski definition) is 4. The highest BCUT2D eigenvalue weighted by molar-refractivity contribution is 6.33. The van der Waals surface area contributed by atoms with Gasteiger partial charge in [-0.3, -0.25) is 5.10 Å². The van der Waals surface area contributed by atoms with Crippen LogP contribution in [0.15, 0.2) is 30.3 Å². The van der Waals surface area contributed by atoms with Gasteiger partial charge >= 0.3 is 0 Å². The molecule has 2 N–H and O–H groups in total. The van der Waals surface area contributed by atoms with Crippen molar-refractivity contribution >= 4 is 23.2 Å². The molecule has 0 aliphatic heterocycles. The molecule has 112 valence electrons. The van der Waals surface area contributed by atoms with E-state index < -0.39 is 0 Å². The quantitative estimate of drug-likeness (QED) is 0.761. The first kappa shape index (κ1) is 14.5. The molecule has 22 heavy (non-hydrogen) atoms. The summed E-state index contributed by atoms with van der Waals surface area (Å²) >= 11 is 6.25. The average Bonchev–Trinajstić information content (AvgIpc) is 2.89. The average molecular weight is 314 g/mol. The summed E-state index contributed by atoms with van der Waals surface area (Å²) in [5, 5.41) is 10.9. The van der Waals surface area contributed by atoms with Crippen LogP contribution >= 0.6 is 11.6 Å². The van der Waals surface area contributed by atoms with Gasteiger partial charge in [-0.2, -0.15) is 5.10 Å². The Morgan fingerprint density at radius 3 is 2.55 bits per heavy atom. The number of halogens is 1. The first-order chi connectivity index (χ1) is 10.5. The van der Waals surface area contributed by atoms with Crippen molar-refractivity contribution in [3.8, 4) is 11.4 Å². The van der Waals surface area contributed by atoms with Gasteiger partial charge in [0.15, 0.2) is 5.82 Å². The van der Waals surface area contributed by atoms with Crippen LogP contribution in [0.4, 0.5) is 11.6 Å². The summed E-state index contributed by atoms with van der Waals surface area (Å²) in [6.45, 7) is 5.87. The molecule has 0 saturated carbocycles. The Morgan fingerprint density at radius 2 is 1.86 bits per heavy atom. The van der Waals surface area contributed by atoms with Crippen LogP contribution in [0.5, 0.6) is 0 Å². The van der Waals surface area contributed by atoms with Crippen molar-refractivity contribution in [2.45, 2.75) is 20.8 Å². The molecule has 1 aromatic carbocycles. The summed E-state index contributed by atoms with van der Waals surface area (Å²) in [6.07, 6.45) is 0. The summed E-state index contributed by atoms with van der Waals surface area (Å²) in [4.78, 5) is 9.16. The van der Waals surface area contributed by atoms with Crippen molar-refractivity contribution in [3.63, 3.8) is 0 Å². The molecule has 6 heteroatoms. The second kappa shape index (κ2) is 5.77. The van der Waals surface area contributed by atoms with Crippen LogP contribution < -0.4 is 5.32 Å². The lowest BCUT2D eigenvalue weighted by atomic mass is 10.2. The molecule has 0 aliphatic carbocycles. The Kier molecular flexibility index (Phi) is 3.81. The fourth-order valence-corrected chi connectivity index (χ4v) is 2.35. The Bertz CT molecular complexity index is 825. The Balaban J connectivity index is 2.05. The molecule has 0 aliphatic rings. The van der Waals surface area contributed by atoms with Crippen LogP contribution in [0.1, 0.15) is 17.0 Å². The van der Waals surface area contributed by atoms with Gasteiger partial charge in [-0.1, -0.05) is 23.7 Å². The van der Waals surface area contributed by atoms with Gasteiger partial charge in [0, 0.05) is 22.9 Å². The van der Waals surface area contributed by atoms with Gasteiger partial charge in [-0.05, 0) is 32.9 Å². The van der Waals surface area contributed by atoms with Crippen LogP contribution in [-0.4, -0.2) is 20.2 Å². The second-order valence-corrected chi connectivity index (χ2v) is 5.54. The third kappa shape index (κ3) is 2.80. The van der Waals surface area contributed by atoms with E-state index in [9.17, 15) is 0 Å². The number of rotatable bonds is 3. The summed E-state index contributed by atoms with van der Waals surface area (Å²) in [6, 6.07) is 9.48. The SMILES string of the molecule is Cc1cc(Nc2nc(-c3ccccc3Cl)nc(C)c2C)[nH]n1. The summed E-state index contributed by atoms with van der Waals surface area (Å²) in [5.74, 6) is 2.14. The Morgan fingerprint density at radius 1 is 1.09 bits per heavy atom. The highest BCUT2D eigenvalue weighted by Gasteiger charge is 2.12. The lowest BCUT2D eigenvalue weighted by molar-refractivity contribution is 1.04.